The number of hydrogen-bond acceptors (Lipinski definition) is 3. The van der Waals surface area contributed by atoms with Gasteiger partial charge in [0.05, 0.1) is 5.92 Å². The van der Waals surface area contributed by atoms with Gasteiger partial charge >= 0.3 is 6.09 Å². The van der Waals surface area contributed by atoms with Crippen molar-refractivity contribution in [2.45, 2.75) is 32.3 Å². The molecule has 1 aromatic rings. The van der Waals surface area contributed by atoms with Gasteiger partial charge in [-0.1, -0.05) is 18.2 Å². The summed E-state index contributed by atoms with van der Waals surface area (Å²) in [7, 11) is 0. The summed E-state index contributed by atoms with van der Waals surface area (Å²) in [6.45, 7) is 5.62. The van der Waals surface area contributed by atoms with Crippen molar-refractivity contribution in [1.29, 1.82) is 0 Å². The van der Waals surface area contributed by atoms with Crippen molar-refractivity contribution >= 4 is 17.7 Å². The summed E-state index contributed by atoms with van der Waals surface area (Å²) in [5.74, 6) is -0.457. The van der Waals surface area contributed by atoms with Crippen LogP contribution in [0.5, 0.6) is 0 Å². The van der Waals surface area contributed by atoms with Crippen LogP contribution < -0.4 is 10.6 Å². The summed E-state index contributed by atoms with van der Waals surface area (Å²) in [5.41, 5.74) is 1.17. The van der Waals surface area contributed by atoms with Gasteiger partial charge in [-0.2, -0.15) is 0 Å². The number of nitrogens with one attached hydrogen (secondary N) is 2. The van der Waals surface area contributed by atoms with Crippen LogP contribution in [0.25, 0.3) is 0 Å². The molecule has 5 nitrogen and oxygen atoms in total. The maximum absolute atomic E-state index is 11.8. The summed E-state index contributed by atoms with van der Waals surface area (Å²) in [4.78, 5) is 23.4. The Labute approximate surface area is 112 Å². The van der Waals surface area contributed by atoms with Gasteiger partial charge in [0.2, 0.25) is 5.91 Å². The van der Waals surface area contributed by atoms with Crippen LogP contribution in [0.3, 0.4) is 0 Å². The second-order valence-corrected chi connectivity index (χ2v) is 5.51. The predicted molar refractivity (Wildman–Crippen MR) is 72.0 cm³/mol. The highest BCUT2D eigenvalue weighted by molar-refractivity contribution is 6.03. The number of rotatable bonds is 2. The molecule has 2 rings (SSSR count). The number of para-hydroxylation sites is 1. The van der Waals surface area contributed by atoms with Crippen molar-refractivity contribution in [2.24, 2.45) is 0 Å². The molecule has 0 saturated heterocycles. The van der Waals surface area contributed by atoms with Gasteiger partial charge in [-0.25, -0.2) is 4.79 Å². The van der Waals surface area contributed by atoms with E-state index in [9.17, 15) is 9.59 Å². The van der Waals surface area contributed by atoms with E-state index in [-0.39, 0.29) is 18.4 Å². The van der Waals surface area contributed by atoms with Crippen molar-refractivity contribution in [2.75, 3.05) is 11.9 Å². The maximum atomic E-state index is 11.8. The minimum atomic E-state index is -0.542. The molecule has 1 aliphatic rings. The molecular weight excluding hydrogens is 244 g/mol. The van der Waals surface area contributed by atoms with E-state index in [1.165, 1.54) is 0 Å². The Hall–Kier alpha value is -2.04. The highest BCUT2D eigenvalue weighted by Gasteiger charge is 2.30. The zero-order chi connectivity index (χ0) is 14.0. The van der Waals surface area contributed by atoms with E-state index in [2.05, 4.69) is 10.6 Å². The minimum Gasteiger partial charge on any atom is -0.444 e. The van der Waals surface area contributed by atoms with Gasteiger partial charge < -0.3 is 15.4 Å². The van der Waals surface area contributed by atoms with Crippen molar-refractivity contribution in [1.82, 2.24) is 5.32 Å². The smallest absolute Gasteiger partial charge is 0.407 e. The Morgan fingerprint density at radius 1 is 1.37 bits per heavy atom. The van der Waals surface area contributed by atoms with Gasteiger partial charge in [0.15, 0.2) is 0 Å². The molecule has 0 radical (unpaired) electrons. The van der Waals surface area contributed by atoms with Crippen LogP contribution in [0.15, 0.2) is 24.3 Å². The summed E-state index contributed by atoms with van der Waals surface area (Å²) in [5, 5.41) is 5.42. The number of fused-ring (bicyclic) bond motifs is 1. The summed E-state index contributed by atoms with van der Waals surface area (Å²) >= 11 is 0. The monoisotopic (exact) mass is 262 g/mol. The van der Waals surface area contributed by atoms with Gasteiger partial charge in [0.1, 0.15) is 5.60 Å². The summed E-state index contributed by atoms with van der Waals surface area (Å²) in [6, 6.07) is 7.47. The Morgan fingerprint density at radius 3 is 2.74 bits per heavy atom. The summed E-state index contributed by atoms with van der Waals surface area (Å²) < 4.78 is 5.14. The first-order valence-corrected chi connectivity index (χ1v) is 6.23. The molecular formula is C14H18N2O3. The van der Waals surface area contributed by atoms with E-state index < -0.39 is 11.7 Å². The molecule has 0 aliphatic carbocycles. The van der Waals surface area contributed by atoms with Crippen LogP contribution in [-0.2, 0) is 9.53 Å². The average molecular weight is 262 g/mol. The lowest BCUT2D eigenvalue weighted by molar-refractivity contribution is -0.116. The van der Waals surface area contributed by atoms with Crippen molar-refractivity contribution in [3.05, 3.63) is 29.8 Å². The molecule has 1 aliphatic heterocycles. The van der Waals surface area contributed by atoms with Gasteiger partial charge in [-0.05, 0) is 32.4 Å². The molecule has 5 heteroatoms. The third-order valence-corrected chi connectivity index (χ3v) is 2.76. The summed E-state index contributed by atoms with van der Waals surface area (Å²) in [6.07, 6.45) is -0.510. The van der Waals surface area contributed by atoms with Gasteiger partial charge in [0, 0.05) is 12.2 Å². The molecule has 1 aromatic carbocycles. The molecule has 102 valence electrons. The topological polar surface area (TPSA) is 67.4 Å². The Bertz CT molecular complexity index is 506. The lowest BCUT2D eigenvalue weighted by Crippen LogP contribution is -2.36. The Balaban J connectivity index is 1.97. The lowest BCUT2D eigenvalue weighted by atomic mass is 10.0. The van der Waals surface area contributed by atoms with E-state index >= 15 is 0 Å². The normalized spacial score (nSPS) is 17.6. The van der Waals surface area contributed by atoms with Crippen molar-refractivity contribution in [3.8, 4) is 0 Å². The second kappa shape index (κ2) is 4.91. The van der Waals surface area contributed by atoms with E-state index in [0.717, 1.165) is 11.3 Å². The number of hydrogen-bond donors (Lipinski definition) is 2. The van der Waals surface area contributed by atoms with Crippen molar-refractivity contribution < 1.29 is 14.3 Å². The largest absolute Gasteiger partial charge is 0.444 e. The molecule has 0 bridgehead atoms. The number of anilines is 1. The van der Waals surface area contributed by atoms with Crippen LogP contribution in [0.1, 0.15) is 32.3 Å². The molecule has 2 amide bonds. The lowest BCUT2D eigenvalue weighted by Gasteiger charge is -2.20. The van der Waals surface area contributed by atoms with Crippen LogP contribution >= 0.6 is 0 Å². The molecule has 0 saturated carbocycles. The number of benzene rings is 1. The molecule has 0 fully saturated rings. The predicted octanol–water partition coefficient (Wildman–Crippen LogP) is 2.25. The molecule has 1 heterocycles. The van der Waals surface area contributed by atoms with Gasteiger partial charge in [-0.15, -0.1) is 0 Å². The molecule has 1 atom stereocenters. The highest BCUT2D eigenvalue weighted by Crippen LogP contribution is 2.31. The number of carbonyl (C=O) groups is 2. The zero-order valence-corrected chi connectivity index (χ0v) is 11.3. The Morgan fingerprint density at radius 2 is 2.05 bits per heavy atom. The number of carbonyl (C=O) groups excluding carboxylic acids is 2. The number of ether oxygens (including phenoxy) is 1. The zero-order valence-electron chi connectivity index (χ0n) is 11.3. The number of alkyl carbamates (subject to hydrolysis) is 1. The third kappa shape index (κ3) is 3.24. The van der Waals surface area contributed by atoms with Crippen molar-refractivity contribution in [3.63, 3.8) is 0 Å². The standard InChI is InChI=1S/C14H18N2O3/c1-14(2,3)19-13(18)15-8-10-9-6-4-5-7-11(9)16-12(10)17/h4-7,10H,8H2,1-3H3,(H,15,18)(H,16,17)/t10-/m1/s1. The molecule has 0 aromatic heterocycles. The van der Waals surface area contributed by atoms with E-state index in [0.29, 0.717) is 0 Å². The maximum Gasteiger partial charge on any atom is 0.407 e. The second-order valence-electron chi connectivity index (χ2n) is 5.51. The first-order chi connectivity index (χ1) is 8.87. The fourth-order valence-electron chi connectivity index (χ4n) is 1.98. The highest BCUT2D eigenvalue weighted by atomic mass is 16.6. The van der Waals surface area contributed by atoms with Crippen LogP contribution in [0.2, 0.25) is 0 Å². The molecule has 0 spiro atoms. The SMILES string of the molecule is CC(C)(C)OC(=O)NC[C@H]1C(=O)Nc2ccccc21. The minimum absolute atomic E-state index is 0.0998. The van der Waals surface area contributed by atoms with Gasteiger partial charge in [0.25, 0.3) is 0 Å². The van der Waals surface area contributed by atoms with Crippen LogP contribution in [0, 0.1) is 0 Å². The fourth-order valence-corrected chi connectivity index (χ4v) is 1.98. The van der Waals surface area contributed by atoms with Gasteiger partial charge in [-0.3, -0.25) is 4.79 Å². The van der Waals surface area contributed by atoms with E-state index in [1.54, 1.807) is 20.8 Å². The average Bonchev–Trinajstić information content (AvgIpc) is 2.60. The first kappa shape index (κ1) is 13.4. The molecule has 2 N–H and O–H groups in total. The third-order valence-electron chi connectivity index (χ3n) is 2.76. The molecule has 19 heavy (non-hydrogen) atoms. The quantitative estimate of drug-likeness (QED) is 0.859. The van der Waals surface area contributed by atoms with E-state index in [1.807, 2.05) is 24.3 Å². The molecule has 0 unspecified atom stereocenters. The van der Waals surface area contributed by atoms with E-state index in [4.69, 9.17) is 4.74 Å². The fraction of sp³-hybridized carbons (Fsp3) is 0.429. The first-order valence-electron chi connectivity index (χ1n) is 6.23. The Kier molecular flexibility index (Phi) is 3.46. The van der Waals surface area contributed by atoms with Crippen LogP contribution in [0.4, 0.5) is 10.5 Å². The van der Waals surface area contributed by atoms with Crippen LogP contribution in [-0.4, -0.2) is 24.1 Å². The number of amides is 2.